The molecule has 2 rings (SSSR count). The molecule has 1 fully saturated rings. The van der Waals surface area contributed by atoms with Crippen LogP contribution in [-0.2, 0) is 6.54 Å². The van der Waals surface area contributed by atoms with Crippen LogP contribution >= 0.6 is 0 Å². The summed E-state index contributed by atoms with van der Waals surface area (Å²) in [6.07, 6.45) is 2.54. The standard InChI is InChI=1S/C14H21FN2/c1-3-16-10-11-9-12(15)5-8-14(11)17(4-2)13-6-7-13/h5,8-9,13,16H,3-4,6-7,10H2,1-2H3. The summed E-state index contributed by atoms with van der Waals surface area (Å²) >= 11 is 0. The van der Waals surface area contributed by atoms with E-state index in [0.29, 0.717) is 6.04 Å². The number of nitrogens with one attached hydrogen (secondary N) is 1. The zero-order valence-electron chi connectivity index (χ0n) is 10.7. The van der Waals surface area contributed by atoms with Crippen molar-refractivity contribution in [3.05, 3.63) is 29.6 Å². The number of rotatable bonds is 6. The van der Waals surface area contributed by atoms with Crippen molar-refractivity contribution in [1.82, 2.24) is 5.32 Å². The maximum Gasteiger partial charge on any atom is 0.123 e. The molecule has 1 aliphatic carbocycles. The monoisotopic (exact) mass is 236 g/mol. The lowest BCUT2D eigenvalue weighted by Gasteiger charge is -2.25. The predicted molar refractivity (Wildman–Crippen MR) is 69.8 cm³/mol. The molecule has 0 spiro atoms. The summed E-state index contributed by atoms with van der Waals surface area (Å²) in [7, 11) is 0. The first-order valence-electron chi connectivity index (χ1n) is 6.52. The van der Waals surface area contributed by atoms with Crippen molar-refractivity contribution >= 4 is 5.69 Å². The van der Waals surface area contributed by atoms with Gasteiger partial charge in [-0.1, -0.05) is 6.92 Å². The van der Waals surface area contributed by atoms with Crippen molar-refractivity contribution in [3.63, 3.8) is 0 Å². The van der Waals surface area contributed by atoms with E-state index in [9.17, 15) is 4.39 Å². The van der Waals surface area contributed by atoms with Gasteiger partial charge in [0, 0.05) is 24.8 Å². The number of anilines is 1. The molecular formula is C14H21FN2. The summed E-state index contributed by atoms with van der Waals surface area (Å²) in [6, 6.07) is 5.81. The van der Waals surface area contributed by atoms with E-state index in [0.717, 1.165) is 25.2 Å². The first kappa shape index (κ1) is 12.4. The molecule has 1 N–H and O–H groups in total. The molecule has 1 aromatic rings. The Balaban J connectivity index is 2.23. The fourth-order valence-electron chi connectivity index (χ4n) is 2.25. The van der Waals surface area contributed by atoms with E-state index in [1.807, 2.05) is 6.07 Å². The number of hydrogen-bond acceptors (Lipinski definition) is 2. The normalized spacial score (nSPS) is 15.0. The number of benzene rings is 1. The fourth-order valence-corrected chi connectivity index (χ4v) is 2.25. The molecule has 0 amide bonds. The van der Waals surface area contributed by atoms with Crippen molar-refractivity contribution in [2.75, 3.05) is 18.0 Å². The number of nitrogens with zero attached hydrogens (tertiary/aromatic N) is 1. The quantitative estimate of drug-likeness (QED) is 0.817. The van der Waals surface area contributed by atoms with Crippen LogP contribution < -0.4 is 10.2 Å². The smallest absolute Gasteiger partial charge is 0.123 e. The van der Waals surface area contributed by atoms with Gasteiger partial charge in [0.05, 0.1) is 0 Å². The molecule has 3 heteroatoms. The Morgan fingerprint density at radius 1 is 1.35 bits per heavy atom. The highest BCUT2D eigenvalue weighted by atomic mass is 19.1. The summed E-state index contributed by atoms with van der Waals surface area (Å²) < 4.78 is 13.3. The Bertz CT molecular complexity index is 374. The van der Waals surface area contributed by atoms with Gasteiger partial charge in [-0.2, -0.15) is 0 Å². The third-order valence-electron chi connectivity index (χ3n) is 3.24. The maximum atomic E-state index is 13.3. The van der Waals surface area contributed by atoms with Gasteiger partial charge in [-0.05, 0) is 50.1 Å². The molecule has 0 unspecified atom stereocenters. The predicted octanol–water partition coefficient (Wildman–Crippen LogP) is 2.92. The summed E-state index contributed by atoms with van der Waals surface area (Å²) in [5.74, 6) is -0.145. The topological polar surface area (TPSA) is 15.3 Å². The SMILES string of the molecule is CCNCc1cc(F)ccc1N(CC)C1CC1. The van der Waals surface area contributed by atoms with Crippen LogP contribution in [-0.4, -0.2) is 19.1 Å². The first-order valence-corrected chi connectivity index (χ1v) is 6.52. The molecule has 0 atom stereocenters. The molecule has 1 saturated carbocycles. The second-order valence-corrected chi connectivity index (χ2v) is 4.57. The minimum atomic E-state index is -0.145. The zero-order chi connectivity index (χ0) is 12.3. The lowest BCUT2D eigenvalue weighted by molar-refractivity contribution is 0.620. The van der Waals surface area contributed by atoms with Crippen molar-refractivity contribution in [3.8, 4) is 0 Å². The lowest BCUT2D eigenvalue weighted by Crippen LogP contribution is -2.27. The summed E-state index contributed by atoms with van der Waals surface area (Å²) in [5, 5.41) is 3.28. The van der Waals surface area contributed by atoms with E-state index in [1.165, 1.54) is 18.5 Å². The maximum absolute atomic E-state index is 13.3. The highest BCUT2D eigenvalue weighted by Crippen LogP contribution is 2.33. The van der Waals surface area contributed by atoms with Gasteiger partial charge in [-0.3, -0.25) is 0 Å². The second kappa shape index (κ2) is 5.50. The lowest BCUT2D eigenvalue weighted by atomic mass is 10.1. The molecule has 0 aromatic heterocycles. The summed E-state index contributed by atoms with van der Waals surface area (Å²) in [6.45, 7) is 6.88. The van der Waals surface area contributed by atoms with Gasteiger partial charge in [0.1, 0.15) is 5.82 Å². The Hall–Kier alpha value is -1.09. The van der Waals surface area contributed by atoms with Crippen LogP contribution in [0, 0.1) is 5.82 Å². The second-order valence-electron chi connectivity index (χ2n) is 4.57. The van der Waals surface area contributed by atoms with Crippen molar-refractivity contribution < 1.29 is 4.39 Å². The third-order valence-corrected chi connectivity index (χ3v) is 3.24. The van der Waals surface area contributed by atoms with E-state index < -0.39 is 0 Å². The van der Waals surface area contributed by atoms with E-state index in [2.05, 4.69) is 24.1 Å². The van der Waals surface area contributed by atoms with Crippen LogP contribution in [0.5, 0.6) is 0 Å². The highest BCUT2D eigenvalue weighted by molar-refractivity contribution is 5.55. The Labute approximate surface area is 103 Å². The van der Waals surface area contributed by atoms with E-state index in [4.69, 9.17) is 0 Å². The third kappa shape index (κ3) is 2.97. The van der Waals surface area contributed by atoms with Gasteiger partial charge in [0.25, 0.3) is 0 Å². The first-order chi connectivity index (χ1) is 8.26. The molecule has 17 heavy (non-hydrogen) atoms. The molecule has 94 valence electrons. The van der Waals surface area contributed by atoms with Crippen LogP contribution in [0.3, 0.4) is 0 Å². The summed E-state index contributed by atoms with van der Waals surface area (Å²) in [5.41, 5.74) is 2.26. The number of halogens is 1. The minimum Gasteiger partial charge on any atom is -0.369 e. The van der Waals surface area contributed by atoms with E-state index in [-0.39, 0.29) is 5.82 Å². The van der Waals surface area contributed by atoms with Gasteiger partial charge in [-0.15, -0.1) is 0 Å². The van der Waals surface area contributed by atoms with E-state index in [1.54, 1.807) is 12.1 Å². The van der Waals surface area contributed by atoms with Gasteiger partial charge in [0.15, 0.2) is 0 Å². The average molecular weight is 236 g/mol. The van der Waals surface area contributed by atoms with Gasteiger partial charge >= 0.3 is 0 Å². The van der Waals surface area contributed by atoms with Gasteiger partial charge in [0.2, 0.25) is 0 Å². The van der Waals surface area contributed by atoms with Crippen molar-refractivity contribution in [1.29, 1.82) is 0 Å². The molecule has 0 heterocycles. The molecule has 2 nitrogen and oxygen atoms in total. The van der Waals surface area contributed by atoms with Crippen LogP contribution in [0.1, 0.15) is 32.3 Å². The fraction of sp³-hybridized carbons (Fsp3) is 0.571. The molecular weight excluding hydrogens is 215 g/mol. The van der Waals surface area contributed by atoms with Crippen molar-refractivity contribution in [2.45, 2.75) is 39.3 Å². The van der Waals surface area contributed by atoms with Crippen LogP contribution in [0.25, 0.3) is 0 Å². The van der Waals surface area contributed by atoms with Crippen LogP contribution in [0.2, 0.25) is 0 Å². The van der Waals surface area contributed by atoms with E-state index >= 15 is 0 Å². The molecule has 1 aromatic carbocycles. The highest BCUT2D eigenvalue weighted by Gasteiger charge is 2.29. The molecule has 0 radical (unpaired) electrons. The van der Waals surface area contributed by atoms with Crippen LogP contribution in [0.4, 0.5) is 10.1 Å². The largest absolute Gasteiger partial charge is 0.369 e. The molecule has 0 bridgehead atoms. The van der Waals surface area contributed by atoms with Crippen LogP contribution in [0.15, 0.2) is 18.2 Å². The minimum absolute atomic E-state index is 0.145. The molecule has 0 aliphatic heterocycles. The van der Waals surface area contributed by atoms with Gasteiger partial charge in [-0.25, -0.2) is 4.39 Å². The van der Waals surface area contributed by atoms with Gasteiger partial charge < -0.3 is 10.2 Å². The Kier molecular flexibility index (Phi) is 4.00. The molecule has 0 saturated heterocycles. The van der Waals surface area contributed by atoms with Crippen molar-refractivity contribution in [2.24, 2.45) is 0 Å². The zero-order valence-corrected chi connectivity index (χ0v) is 10.7. The Morgan fingerprint density at radius 2 is 2.12 bits per heavy atom. The summed E-state index contributed by atoms with van der Waals surface area (Å²) in [4.78, 5) is 2.39. The number of hydrogen-bond donors (Lipinski definition) is 1. The average Bonchev–Trinajstić information content (AvgIpc) is 3.14. The molecule has 1 aliphatic rings. The Morgan fingerprint density at radius 3 is 2.71 bits per heavy atom.